The lowest BCUT2D eigenvalue weighted by atomic mass is 10.1. The lowest BCUT2D eigenvalue weighted by Gasteiger charge is -2.02. The van der Waals surface area contributed by atoms with E-state index in [1.54, 1.807) is 11.8 Å². The van der Waals surface area contributed by atoms with Gasteiger partial charge in [0.05, 0.1) is 0 Å². The Morgan fingerprint density at radius 3 is 2.64 bits per heavy atom. The van der Waals surface area contributed by atoms with Gasteiger partial charge in [0.1, 0.15) is 0 Å². The van der Waals surface area contributed by atoms with Gasteiger partial charge in [-0.25, -0.2) is 0 Å². The van der Waals surface area contributed by atoms with Crippen LogP contribution < -0.4 is 5.32 Å². The maximum absolute atomic E-state index is 12.0. The van der Waals surface area contributed by atoms with E-state index in [0.29, 0.717) is 11.6 Å². The number of benzene rings is 2. The molecule has 0 fully saturated rings. The molecular weight excluding hydrogens is 418 g/mol. The van der Waals surface area contributed by atoms with Gasteiger partial charge in [-0.05, 0) is 23.6 Å². The number of aryl methyl sites for hydroxylation is 1. The molecule has 7 heteroatoms. The minimum Gasteiger partial charge on any atom is -0.300 e. The summed E-state index contributed by atoms with van der Waals surface area (Å²) in [6, 6.07) is 18.1. The van der Waals surface area contributed by atoms with Crippen LogP contribution in [0.3, 0.4) is 0 Å². The van der Waals surface area contributed by atoms with Crippen molar-refractivity contribution in [2.75, 3.05) is 5.32 Å². The molecular formula is C18H16BrN3OS2. The lowest BCUT2D eigenvalue weighted by Crippen LogP contribution is -2.12. The molecule has 2 aromatic carbocycles. The number of amides is 1. The molecule has 25 heavy (non-hydrogen) atoms. The summed E-state index contributed by atoms with van der Waals surface area (Å²) >= 11 is 6.55. The van der Waals surface area contributed by atoms with Crippen molar-refractivity contribution in [3.8, 4) is 0 Å². The first-order valence-electron chi connectivity index (χ1n) is 7.74. The van der Waals surface area contributed by atoms with Gasteiger partial charge >= 0.3 is 0 Å². The van der Waals surface area contributed by atoms with Gasteiger partial charge in [-0.15, -0.1) is 10.2 Å². The smallest absolute Gasteiger partial charge is 0.226 e. The van der Waals surface area contributed by atoms with Crippen molar-refractivity contribution < 1.29 is 4.79 Å². The summed E-state index contributed by atoms with van der Waals surface area (Å²) in [7, 11) is 0. The van der Waals surface area contributed by atoms with Crippen LogP contribution in [0.2, 0.25) is 0 Å². The van der Waals surface area contributed by atoms with Crippen molar-refractivity contribution in [2.24, 2.45) is 0 Å². The molecule has 0 aliphatic heterocycles. The number of hydrogen-bond donors (Lipinski definition) is 1. The van der Waals surface area contributed by atoms with E-state index < -0.39 is 0 Å². The molecule has 128 valence electrons. The molecule has 0 aliphatic carbocycles. The van der Waals surface area contributed by atoms with Gasteiger partial charge in [0, 0.05) is 16.6 Å². The van der Waals surface area contributed by atoms with Crippen LogP contribution in [0.5, 0.6) is 0 Å². The van der Waals surface area contributed by atoms with Crippen LogP contribution >= 0.6 is 39.0 Å². The second kappa shape index (κ2) is 9.12. The van der Waals surface area contributed by atoms with E-state index in [-0.39, 0.29) is 5.91 Å². The van der Waals surface area contributed by atoms with Crippen molar-refractivity contribution in [1.29, 1.82) is 0 Å². The molecule has 0 unspecified atom stereocenters. The Balaban J connectivity index is 1.48. The first-order valence-corrected chi connectivity index (χ1v) is 10.3. The number of rotatable bonds is 7. The third kappa shape index (κ3) is 5.66. The highest BCUT2D eigenvalue weighted by Gasteiger charge is 2.09. The maximum Gasteiger partial charge on any atom is 0.226 e. The third-order valence-electron chi connectivity index (χ3n) is 3.45. The first kappa shape index (κ1) is 18.1. The molecule has 3 rings (SSSR count). The number of aromatic nitrogens is 2. The summed E-state index contributed by atoms with van der Waals surface area (Å²) in [5.41, 5.74) is 2.36. The molecule has 3 aromatic rings. The van der Waals surface area contributed by atoms with Crippen molar-refractivity contribution in [3.05, 3.63) is 70.2 Å². The van der Waals surface area contributed by atoms with Crippen LogP contribution in [0, 0.1) is 0 Å². The van der Waals surface area contributed by atoms with E-state index in [9.17, 15) is 4.79 Å². The number of thioether (sulfide) groups is 1. The molecule has 1 amide bonds. The SMILES string of the molecule is O=C(CCc1ccccc1)Nc1nnc(SCc2ccccc2Br)s1. The Morgan fingerprint density at radius 2 is 1.84 bits per heavy atom. The molecule has 1 aromatic heterocycles. The van der Waals surface area contributed by atoms with Crippen LogP contribution in [-0.2, 0) is 17.0 Å². The monoisotopic (exact) mass is 433 g/mol. The van der Waals surface area contributed by atoms with E-state index >= 15 is 0 Å². The van der Waals surface area contributed by atoms with Crippen molar-refractivity contribution >= 4 is 50.1 Å². The molecule has 1 N–H and O–H groups in total. The van der Waals surface area contributed by atoms with Gasteiger partial charge in [0.15, 0.2) is 4.34 Å². The highest BCUT2D eigenvalue weighted by atomic mass is 79.9. The van der Waals surface area contributed by atoms with Crippen LogP contribution in [0.1, 0.15) is 17.5 Å². The fourth-order valence-corrected chi connectivity index (χ4v) is 4.54. The predicted octanol–water partition coefficient (Wildman–Crippen LogP) is 5.16. The molecule has 0 aliphatic rings. The summed E-state index contributed by atoms with van der Waals surface area (Å²) < 4.78 is 1.93. The number of nitrogens with zero attached hydrogens (tertiary/aromatic N) is 2. The van der Waals surface area contributed by atoms with Crippen molar-refractivity contribution in [3.63, 3.8) is 0 Å². The zero-order valence-corrected chi connectivity index (χ0v) is 16.5. The molecule has 0 atom stereocenters. The normalized spacial score (nSPS) is 10.6. The van der Waals surface area contributed by atoms with E-state index in [1.807, 2.05) is 48.5 Å². The average molecular weight is 434 g/mol. The largest absolute Gasteiger partial charge is 0.300 e. The first-order chi connectivity index (χ1) is 12.2. The van der Waals surface area contributed by atoms with Gasteiger partial charge in [0.2, 0.25) is 11.0 Å². The molecule has 0 saturated heterocycles. The highest BCUT2D eigenvalue weighted by Crippen LogP contribution is 2.30. The summed E-state index contributed by atoms with van der Waals surface area (Å²) in [5, 5.41) is 11.6. The average Bonchev–Trinajstić information content (AvgIpc) is 3.07. The van der Waals surface area contributed by atoms with Crippen LogP contribution in [-0.4, -0.2) is 16.1 Å². The van der Waals surface area contributed by atoms with E-state index in [2.05, 4.69) is 37.5 Å². The molecule has 0 bridgehead atoms. The van der Waals surface area contributed by atoms with Gasteiger partial charge in [0.25, 0.3) is 0 Å². The van der Waals surface area contributed by atoms with E-state index in [0.717, 1.165) is 26.5 Å². The molecule has 1 heterocycles. The molecule has 0 radical (unpaired) electrons. The Morgan fingerprint density at radius 1 is 1.08 bits per heavy atom. The Labute approximate surface area is 163 Å². The van der Waals surface area contributed by atoms with Gasteiger partial charge < -0.3 is 5.32 Å². The Bertz CT molecular complexity index is 839. The lowest BCUT2D eigenvalue weighted by molar-refractivity contribution is -0.116. The quantitative estimate of drug-likeness (QED) is 0.412. The Kier molecular flexibility index (Phi) is 6.61. The fraction of sp³-hybridized carbons (Fsp3) is 0.167. The van der Waals surface area contributed by atoms with Gasteiger partial charge in [-0.1, -0.05) is 87.6 Å². The molecule has 4 nitrogen and oxygen atoms in total. The maximum atomic E-state index is 12.0. The second-order valence-electron chi connectivity index (χ2n) is 5.29. The minimum absolute atomic E-state index is 0.0395. The van der Waals surface area contributed by atoms with Gasteiger partial charge in [-0.3, -0.25) is 4.79 Å². The third-order valence-corrected chi connectivity index (χ3v) is 6.24. The number of nitrogens with one attached hydrogen (secondary N) is 1. The second-order valence-corrected chi connectivity index (χ2v) is 8.34. The topological polar surface area (TPSA) is 54.9 Å². The van der Waals surface area contributed by atoms with Gasteiger partial charge in [-0.2, -0.15) is 0 Å². The van der Waals surface area contributed by atoms with Crippen LogP contribution in [0.25, 0.3) is 0 Å². The molecule has 0 spiro atoms. The number of anilines is 1. The Hall–Kier alpha value is -1.70. The predicted molar refractivity (Wildman–Crippen MR) is 107 cm³/mol. The zero-order valence-electron chi connectivity index (χ0n) is 13.3. The molecule has 0 saturated carbocycles. The summed E-state index contributed by atoms with van der Waals surface area (Å²) in [6.07, 6.45) is 1.15. The number of halogens is 1. The number of carbonyl (C=O) groups is 1. The highest BCUT2D eigenvalue weighted by molar-refractivity contribution is 9.10. The standard InChI is InChI=1S/C18H16BrN3OS2/c19-15-9-5-4-8-14(15)12-24-18-22-21-17(25-18)20-16(23)11-10-13-6-2-1-3-7-13/h1-9H,10-12H2,(H,20,21,23). The number of carbonyl (C=O) groups excluding carboxylic acids is 1. The van der Waals surface area contributed by atoms with E-state index in [1.165, 1.54) is 16.9 Å². The number of hydrogen-bond acceptors (Lipinski definition) is 5. The van der Waals surface area contributed by atoms with Crippen LogP contribution in [0.4, 0.5) is 5.13 Å². The summed E-state index contributed by atoms with van der Waals surface area (Å²) in [6.45, 7) is 0. The van der Waals surface area contributed by atoms with E-state index in [4.69, 9.17) is 0 Å². The summed E-state index contributed by atoms with van der Waals surface area (Å²) in [4.78, 5) is 12.0. The fourth-order valence-electron chi connectivity index (χ4n) is 2.16. The van der Waals surface area contributed by atoms with Crippen molar-refractivity contribution in [2.45, 2.75) is 22.9 Å². The zero-order chi connectivity index (χ0) is 17.5. The van der Waals surface area contributed by atoms with Crippen LogP contribution in [0.15, 0.2) is 63.4 Å². The summed E-state index contributed by atoms with van der Waals surface area (Å²) in [5.74, 6) is 0.764. The minimum atomic E-state index is -0.0395. The van der Waals surface area contributed by atoms with Crippen molar-refractivity contribution in [1.82, 2.24) is 10.2 Å².